The van der Waals surface area contributed by atoms with Gasteiger partial charge in [0.15, 0.2) is 0 Å². The largest absolute Gasteiger partial charge is 0.0651 e. The average Bonchev–Trinajstić information content (AvgIpc) is 2.98. The molecule has 0 fully saturated rings. The van der Waals surface area contributed by atoms with Crippen LogP contribution in [0.15, 0.2) is 66.7 Å². The Morgan fingerprint density at radius 3 is 2.38 bits per heavy atom. The minimum Gasteiger partial charge on any atom is -0.0651 e. The Bertz CT molecular complexity index is 1090. The van der Waals surface area contributed by atoms with E-state index in [0.29, 0.717) is 0 Å². The number of hydrogen-bond acceptors (Lipinski definition) is 0. The predicted molar refractivity (Wildman–Crippen MR) is 104 cm³/mol. The number of hydrogen-bond donors (Lipinski definition) is 0. The van der Waals surface area contributed by atoms with Crippen molar-refractivity contribution in [3.63, 3.8) is 0 Å². The number of fused-ring (bicyclic) bond motifs is 6. The second kappa shape index (κ2) is 5.21. The van der Waals surface area contributed by atoms with E-state index in [1.165, 1.54) is 62.2 Å². The Hall–Kier alpha value is -2.60. The summed E-state index contributed by atoms with van der Waals surface area (Å²) >= 11 is 0. The minimum absolute atomic E-state index is 1.07. The molecule has 0 spiro atoms. The van der Waals surface area contributed by atoms with E-state index in [1.807, 2.05) is 0 Å². The zero-order chi connectivity index (χ0) is 16.1. The van der Waals surface area contributed by atoms with Crippen LogP contribution in [0.2, 0.25) is 0 Å². The summed E-state index contributed by atoms with van der Waals surface area (Å²) in [6.45, 7) is 2.25. The van der Waals surface area contributed by atoms with Gasteiger partial charge in [0.2, 0.25) is 0 Å². The van der Waals surface area contributed by atoms with Crippen molar-refractivity contribution in [3.8, 4) is 11.1 Å². The van der Waals surface area contributed by atoms with Crippen LogP contribution in [0.25, 0.3) is 32.7 Å². The van der Waals surface area contributed by atoms with E-state index in [0.717, 1.165) is 6.42 Å². The van der Waals surface area contributed by atoms with Gasteiger partial charge in [-0.15, -0.1) is 0 Å². The highest BCUT2D eigenvalue weighted by Crippen LogP contribution is 2.41. The molecule has 0 heteroatoms. The molecule has 116 valence electrons. The topological polar surface area (TPSA) is 0 Å². The second-order valence-corrected chi connectivity index (χ2v) is 6.93. The van der Waals surface area contributed by atoms with E-state index in [-0.39, 0.29) is 0 Å². The lowest BCUT2D eigenvalue weighted by molar-refractivity contribution is 0.920. The summed E-state index contributed by atoms with van der Waals surface area (Å²) < 4.78 is 0. The zero-order valence-electron chi connectivity index (χ0n) is 14.0. The fraction of sp³-hybridized carbons (Fsp3) is 0.167. The van der Waals surface area contributed by atoms with Crippen molar-refractivity contribution in [1.82, 2.24) is 0 Å². The molecule has 4 aromatic rings. The smallest absolute Gasteiger partial charge is 0.000718 e. The highest BCUT2D eigenvalue weighted by Gasteiger charge is 2.20. The fourth-order valence-corrected chi connectivity index (χ4v) is 4.21. The van der Waals surface area contributed by atoms with Crippen molar-refractivity contribution >= 4 is 21.5 Å². The van der Waals surface area contributed by atoms with Gasteiger partial charge in [0.05, 0.1) is 0 Å². The molecule has 0 bridgehead atoms. The minimum atomic E-state index is 1.07. The van der Waals surface area contributed by atoms with E-state index in [9.17, 15) is 0 Å². The van der Waals surface area contributed by atoms with Crippen LogP contribution in [0.5, 0.6) is 0 Å². The molecule has 24 heavy (non-hydrogen) atoms. The van der Waals surface area contributed by atoms with Crippen molar-refractivity contribution in [3.05, 3.63) is 83.4 Å². The maximum absolute atomic E-state index is 2.42. The molecule has 0 N–H and O–H groups in total. The van der Waals surface area contributed by atoms with Gasteiger partial charge in [-0.05, 0) is 74.3 Å². The molecule has 0 saturated carbocycles. The Labute approximate surface area is 142 Å². The molecule has 0 amide bonds. The lowest BCUT2D eigenvalue weighted by Gasteiger charge is -2.08. The van der Waals surface area contributed by atoms with Gasteiger partial charge < -0.3 is 0 Å². The third kappa shape index (κ3) is 1.99. The first-order chi connectivity index (χ1) is 11.8. The summed E-state index contributed by atoms with van der Waals surface area (Å²) in [5.41, 5.74) is 7.33. The fourth-order valence-electron chi connectivity index (χ4n) is 4.21. The average molecular weight is 308 g/mol. The first kappa shape index (κ1) is 13.8. The lowest BCUT2D eigenvalue weighted by atomic mass is 9.96. The van der Waals surface area contributed by atoms with Gasteiger partial charge in [0.1, 0.15) is 0 Å². The summed E-state index contributed by atoms with van der Waals surface area (Å²) in [5, 5.41) is 5.43. The van der Waals surface area contributed by atoms with Gasteiger partial charge in [-0.1, -0.05) is 67.9 Å². The monoisotopic (exact) mass is 308 g/mol. The van der Waals surface area contributed by atoms with Crippen LogP contribution in [0.3, 0.4) is 0 Å². The summed E-state index contributed by atoms with van der Waals surface area (Å²) in [6.07, 6.45) is 3.45. The number of rotatable bonds is 2. The molecule has 0 aromatic heterocycles. The van der Waals surface area contributed by atoms with E-state index >= 15 is 0 Å². The number of aryl methyl sites for hydroxylation is 1. The molecular weight excluding hydrogens is 288 g/mol. The molecule has 1 aliphatic carbocycles. The molecule has 5 rings (SSSR count). The van der Waals surface area contributed by atoms with Crippen molar-refractivity contribution in [2.75, 3.05) is 0 Å². The van der Waals surface area contributed by atoms with Crippen LogP contribution in [0, 0.1) is 0 Å². The highest BCUT2D eigenvalue weighted by molar-refractivity contribution is 6.03. The van der Waals surface area contributed by atoms with Gasteiger partial charge in [-0.2, -0.15) is 0 Å². The Balaban J connectivity index is 1.73. The van der Waals surface area contributed by atoms with E-state index in [2.05, 4.69) is 73.7 Å². The van der Waals surface area contributed by atoms with Crippen molar-refractivity contribution in [2.24, 2.45) is 0 Å². The van der Waals surface area contributed by atoms with Crippen LogP contribution < -0.4 is 0 Å². The summed E-state index contributed by atoms with van der Waals surface area (Å²) in [7, 11) is 0. The quantitative estimate of drug-likeness (QED) is 0.326. The van der Waals surface area contributed by atoms with Crippen LogP contribution in [-0.4, -0.2) is 0 Å². The maximum Gasteiger partial charge on any atom is -0.000718 e. The molecule has 0 unspecified atom stereocenters. The van der Waals surface area contributed by atoms with Gasteiger partial charge in [-0.25, -0.2) is 0 Å². The summed E-state index contributed by atoms with van der Waals surface area (Å²) in [6, 6.07) is 25.0. The second-order valence-electron chi connectivity index (χ2n) is 6.93. The van der Waals surface area contributed by atoms with E-state index in [1.54, 1.807) is 0 Å². The SMILES string of the molecule is CCCc1ccc2c(c1)Cc1c-2ccc2cc3ccccc3cc12. The highest BCUT2D eigenvalue weighted by atomic mass is 14.2. The van der Waals surface area contributed by atoms with Crippen molar-refractivity contribution in [1.29, 1.82) is 0 Å². The lowest BCUT2D eigenvalue weighted by Crippen LogP contribution is -1.87. The Morgan fingerprint density at radius 2 is 1.54 bits per heavy atom. The third-order valence-corrected chi connectivity index (χ3v) is 5.36. The van der Waals surface area contributed by atoms with Crippen LogP contribution in [0.4, 0.5) is 0 Å². The maximum atomic E-state index is 2.42. The summed E-state index contributed by atoms with van der Waals surface area (Å²) in [5.74, 6) is 0. The van der Waals surface area contributed by atoms with Crippen LogP contribution >= 0.6 is 0 Å². The van der Waals surface area contributed by atoms with E-state index < -0.39 is 0 Å². The first-order valence-electron chi connectivity index (χ1n) is 8.90. The van der Waals surface area contributed by atoms with E-state index in [4.69, 9.17) is 0 Å². The third-order valence-electron chi connectivity index (χ3n) is 5.36. The molecule has 0 heterocycles. The normalized spacial score (nSPS) is 12.5. The molecule has 0 atom stereocenters. The van der Waals surface area contributed by atoms with Crippen molar-refractivity contribution in [2.45, 2.75) is 26.2 Å². The Morgan fingerprint density at radius 1 is 0.750 bits per heavy atom. The molecule has 0 aliphatic heterocycles. The first-order valence-corrected chi connectivity index (χ1v) is 8.90. The predicted octanol–water partition coefficient (Wildman–Crippen LogP) is 6.52. The Kier molecular flexibility index (Phi) is 2.99. The molecule has 0 radical (unpaired) electrons. The summed E-state index contributed by atoms with van der Waals surface area (Å²) in [4.78, 5) is 0. The van der Waals surface area contributed by atoms with Crippen molar-refractivity contribution < 1.29 is 0 Å². The molecule has 4 aromatic carbocycles. The van der Waals surface area contributed by atoms with Gasteiger partial charge >= 0.3 is 0 Å². The number of benzene rings is 4. The molecular formula is C24H20. The van der Waals surface area contributed by atoms with Gasteiger partial charge in [-0.3, -0.25) is 0 Å². The van der Waals surface area contributed by atoms with Crippen LogP contribution in [0.1, 0.15) is 30.0 Å². The molecule has 0 saturated heterocycles. The van der Waals surface area contributed by atoms with Crippen LogP contribution in [-0.2, 0) is 12.8 Å². The standard InChI is InChI=1S/C24H20/c1-2-5-16-8-10-21-20(12-16)15-24-22(21)11-9-19-13-17-6-3-4-7-18(17)14-23(19)24/h3-4,6-14H,2,5,15H2,1H3. The van der Waals surface area contributed by atoms with Gasteiger partial charge in [0.25, 0.3) is 0 Å². The zero-order valence-corrected chi connectivity index (χ0v) is 14.0. The molecule has 1 aliphatic rings. The molecule has 0 nitrogen and oxygen atoms in total. The van der Waals surface area contributed by atoms with Gasteiger partial charge in [0, 0.05) is 0 Å².